The number of nitrogens with zero attached hydrogens (tertiary/aromatic N) is 1. The molecule has 120 valence electrons. The van der Waals surface area contributed by atoms with Gasteiger partial charge in [0.1, 0.15) is 11.9 Å². The molecule has 4 atom stereocenters. The number of morpholine rings is 1. The van der Waals surface area contributed by atoms with Gasteiger partial charge >= 0.3 is 0 Å². The SMILES string of the molecule is C[C@@H]1CN(C(=O)[C@@H]2C[C@@H]2c2ccco2)C[C@H](c2ccccc2)O1. The standard InChI is InChI=1S/C19H21NO3/c1-13-11-20(12-18(23-13)14-6-3-2-4-7-14)19(21)16-10-15(16)17-8-5-9-22-17/h2-9,13,15-16,18H,10-12H2,1H3/t13-,15+,16-,18-/m1/s1. The topological polar surface area (TPSA) is 42.7 Å². The Bertz CT molecular complexity index is 667. The molecule has 2 aliphatic rings. The summed E-state index contributed by atoms with van der Waals surface area (Å²) < 4.78 is 11.5. The smallest absolute Gasteiger partial charge is 0.226 e. The molecule has 0 unspecified atom stereocenters. The zero-order chi connectivity index (χ0) is 15.8. The van der Waals surface area contributed by atoms with Crippen molar-refractivity contribution in [1.82, 2.24) is 4.90 Å². The fourth-order valence-electron chi connectivity index (χ4n) is 3.50. The summed E-state index contributed by atoms with van der Waals surface area (Å²) in [5.41, 5.74) is 1.13. The van der Waals surface area contributed by atoms with E-state index in [4.69, 9.17) is 9.15 Å². The normalized spacial score (nSPS) is 30.2. The molecule has 1 aliphatic carbocycles. The van der Waals surface area contributed by atoms with E-state index in [-0.39, 0.29) is 30.0 Å². The van der Waals surface area contributed by atoms with Gasteiger partial charge in [-0.2, -0.15) is 0 Å². The van der Waals surface area contributed by atoms with Gasteiger partial charge in [-0.25, -0.2) is 0 Å². The summed E-state index contributed by atoms with van der Waals surface area (Å²) in [4.78, 5) is 14.8. The Labute approximate surface area is 136 Å². The second-order valence-corrected chi connectivity index (χ2v) is 6.55. The first-order chi connectivity index (χ1) is 11.2. The number of furan rings is 1. The van der Waals surface area contributed by atoms with Crippen molar-refractivity contribution >= 4 is 5.91 Å². The van der Waals surface area contributed by atoms with Crippen LogP contribution in [0.25, 0.3) is 0 Å². The molecule has 23 heavy (non-hydrogen) atoms. The molecule has 1 saturated heterocycles. The van der Waals surface area contributed by atoms with Crippen molar-refractivity contribution in [3.05, 3.63) is 60.1 Å². The van der Waals surface area contributed by atoms with Gasteiger partial charge in [-0.05, 0) is 31.0 Å². The van der Waals surface area contributed by atoms with Gasteiger partial charge in [0.2, 0.25) is 5.91 Å². The van der Waals surface area contributed by atoms with Crippen molar-refractivity contribution in [1.29, 1.82) is 0 Å². The molecule has 2 heterocycles. The maximum atomic E-state index is 12.8. The molecule has 4 rings (SSSR count). The maximum absolute atomic E-state index is 12.8. The third-order valence-electron chi connectivity index (χ3n) is 4.76. The highest BCUT2D eigenvalue weighted by molar-refractivity contribution is 5.83. The van der Waals surface area contributed by atoms with Crippen LogP contribution in [0.3, 0.4) is 0 Å². The van der Waals surface area contributed by atoms with Gasteiger partial charge in [0, 0.05) is 18.4 Å². The Balaban J connectivity index is 1.45. The summed E-state index contributed by atoms with van der Waals surface area (Å²) in [7, 11) is 0. The highest BCUT2D eigenvalue weighted by atomic mass is 16.5. The quantitative estimate of drug-likeness (QED) is 0.873. The highest BCUT2D eigenvalue weighted by Crippen LogP contribution is 2.49. The van der Waals surface area contributed by atoms with Gasteiger partial charge in [0.25, 0.3) is 0 Å². The van der Waals surface area contributed by atoms with Crippen LogP contribution in [-0.2, 0) is 9.53 Å². The summed E-state index contributed by atoms with van der Waals surface area (Å²) in [6.45, 7) is 3.34. The lowest BCUT2D eigenvalue weighted by Gasteiger charge is -2.37. The molecule has 4 heteroatoms. The molecular formula is C19H21NO3. The average molecular weight is 311 g/mol. The number of amides is 1. The van der Waals surface area contributed by atoms with Crippen LogP contribution in [0, 0.1) is 5.92 Å². The van der Waals surface area contributed by atoms with E-state index < -0.39 is 0 Å². The van der Waals surface area contributed by atoms with Crippen molar-refractivity contribution in [2.45, 2.75) is 31.5 Å². The first-order valence-corrected chi connectivity index (χ1v) is 8.25. The van der Waals surface area contributed by atoms with Crippen molar-refractivity contribution < 1.29 is 13.9 Å². The third-order valence-corrected chi connectivity index (χ3v) is 4.76. The Morgan fingerprint density at radius 3 is 2.70 bits per heavy atom. The number of carbonyl (C=O) groups is 1. The number of hydrogen-bond donors (Lipinski definition) is 0. The number of benzene rings is 1. The molecule has 0 radical (unpaired) electrons. The van der Waals surface area contributed by atoms with Crippen molar-refractivity contribution in [2.75, 3.05) is 13.1 Å². The molecule has 0 spiro atoms. The van der Waals surface area contributed by atoms with Gasteiger partial charge in [-0.1, -0.05) is 30.3 Å². The van der Waals surface area contributed by atoms with Crippen molar-refractivity contribution in [3.8, 4) is 0 Å². The Morgan fingerprint density at radius 1 is 1.13 bits per heavy atom. The number of ether oxygens (including phenoxy) is 1. The fourth-order valence-corrected chi connectivity index (χ4v) is 3.50. The Kier molecular flexibility index (Phi) is 3.69. The van der Waals surface area contributed by atoms with E-state index in [0.717, 1.165) is 17.7 Å². The molecule has 2 aromatic rings. The van der Waals surface area contributed by atoms with E-state index in [2.05, 4.69) is 12.1 Å². The van der Waals surface area contributed by atoms with E-state index >= 15 is 0 Å². The van der Waals surface area contributed by atoms with Gasteiger partial charge < -0.3 is 14.1 Å². The molecule has 1 aromatic heterocycles. The van der Waals surface area contributed by atoms with Gasteiger partial charge in [0.15, 0.2) is 0 Å². The second kappa shape index (κ2) is 5.85. The van der Waals surface area contributed by atoms with E-state index in [9.17, 15) is 4.79 Å². The predicted octanol–water partition coefficient (Wildman–Crippen LogP) is 3.37. The summed E-state index contributed by atoms with van der Waals surface area (Å²) >= 11 is 0. The van der Waals surface area contributed by atoms with Gasteiger partial charge in [-0.15, -0.1) is 0 Å². The second-order valence-electron chi connectivity index (χ2n) is 6.55. The fraction of sp³-hybridized carbons (Fsp3) is 0.421. The van der Waals surface area contributed by atoms with Crippen LogP contribution in [0.1, 0.15) is 36.7 Å². The number of rotatable bonds is 3. The van der Waals surface area contributed by atoms with Crippen LogP contribution in [0.15, 0.2) is 53.1 Å². The summed E-state index contributed by atoms with van der Waals surface area (Å²) in [6.07, 6.45) is 2.59. The molecule has 1 aromatic carbocycles. The molecule has 1 saturated carbocycles. The largest absolute Gasteiger partial charge is 0.469 e. The monoisotopic (exact) mass is 311 g/mol. The lowest BCUT2D eigenvalue weighted by molar-refractivity contribution is -0.146. The number of hydrogen-bond acceptors (Lipinski definition) is 3. The van der Waals surface area contributed by atoms with Gasteiger partial charge in [0.05, 0.1) is 18.9 Å². The summed E-state index contributed by atoms with van der Waals surface area (Å²) in [5, 5.41) is 0. The third kappa shape index (κ3) is 2.91. The van der Waals surface area contributed by atoms with Crippen LogP contribution in [-0.4, -0.2) is 30.0 Å². The van der Waals surface area contributed by atoms with E-state index in [1.165, 1.54) is 0 Å². The first kappa shape index (κ1) is 14.5. The van der Waals surface area contributed by atoms with Crippen LogP contribution < -0.4 is 0 Å². The predicted molar refractivity (Wildman–Crippen MR) is 85.9 cm³/mol. The Morgan fingerprint density at radius 2 is 1.96 bits per heavy atom. The molecule has 1 aliphatic heterocycles. The lowest BCUT2D eigenvalue weighted by Crippen LogP contribution is -2.46. The molecule has 2 fully saturated rings. The molecule has 1 amide bonds. The van der Waals surface area contributed by atoms with Crippen LogP contribution >= 0.6 is 0 Å². The first-order valence-electron chi connectivity index (χ1n) is 8.25. The minimum atomic E-state index is -0.0373. The Hall–Kier alpha value is -2.07. The van der Waals surface area contributed by atoms with Crippen LogP contribution in [0.2, 0.25) is 0 Å². The van der Waals surface area contributed by atoms with E-state index in [0.29, 0.717) is 13.1 Å². The zero-order valence-corrected chi connectivity index (χ0v) is 13.2. The molecule has 0 N–H and O–H groups in total. The number of carbonyl (C=O) groups excluding carboxylic acids is 1. The van der Waals surface area contributed by atoms with Crippen LogP contribution in [0.5, 0.6) is 0 Å². The zero-order valence-electron chi connectivity index (χ0n) is 13.2. The van der Waals surface area contributed by atoms with Gasteiger partial charge in [-0.3, -0.25) is 4.79 Å². The molecular weight excluding hydrogens is 290 g/mol. The summed E-state index contributed by atoms with van der Waals surface area (Å²) in [6, 6.07) is 14.0. The van der Waals surface area contributed by atoms with E-state index in [1.54, 1.807) is 6.26 Å². The maximum Gasteiger partial charge on any atom is 0.226 e. The molecule has 4 nitrogen and oxygen atoms in total. The van der Waals surface area contributed by atoms with Crippen molar-refractivity contribution in [2.24, 2.45) is 5.92 Å². The average Bonchev–Trinajstić information content (AvgIpc) is 3.19. The minimum Gasteiger partial charge on any atom is -0.469 e. The lowest BCUT2D eigenvalue weighted by atomic mass is 10.1. The molecule has 0 bridgehead atoms. The highest BCUT2D eigenvalue weighted by Gasteiger charge is 2.48. The van der Waals surface area contributed by atoms with Crippen LogP contribution in [0.4, 0.5) is 0 Å². The van der Waals surface area contributed by atoms with E-state index in [1.807, 2.05) is 42.2 Å². The summed E-state index contributed by atoms with van der Waals surface area (Å²) in [5.74, 6) is 1.50. The van der Waals surface area contributed by atoms with Crippen molar-refractivity contribution in [3.63, 3.8) is 0 Å². The minimum absolute atomic E-state index is 0.0373.